The summed E-state index contributed by atoms with van der Waals surface area (Å²) in [5, 5.41) is 9.65. The molecule has 0 aliphatic carbocycles. The predicted molar refractivity (Wildman–Crippen MR) is 87.1 cm³/mol. The normalized spacial score (nSPS) is 11.1. The summed E-state index contributed by atoms with van der Waals surface area (Å²) in [5.74, 6) is 0. The Morgan fingerprint density at radius 1 is 1.00 bits per heavy atom. The first kappa shape index (κ1) is 16.5. The summed E-state index contributed by atoms with van der Waals surface area (Å²) in [6.45, 7) is 4.07. The lowest BCUT2D eigenvalue weighted by Crippen LogP contribution is -2.11. The zero-order chi connectivity index (χ0) is 16.0. The molecule has 0 N–H and O–H groups in total. The number of nitriles is 1. The molecule has 0 bridgehead atoms. The molecule has 0 atom stereocenters. The van der Waals surface area contributed by atoms with Gasteiger partial charge in [0.25, 0.3) is 0 Å². The van der Waals surface area contributed by atoms with Crippen molar-refractivity contribution >= 4 is 12.9 Å². The van der Waals surface area contributed by atoms with E-state index in [2.05, 4.69) is 6.07 Å². The van der Waals surface area contributed by atoms with Crippen LogP contribution in [-0.4, -0.2) is 13.2 Å². The SMILES string of the molecule is CCOP(=O)(OCC)c1cc(C#N)cc(-c2ccccc2)c1. The van der Waals surface area contributed by atoms with Crippen LogP contribution in [0.15, 0.2) is 48.5 Å². The second-order valence-electron chi connectivity index (χ2n) is 4.58. The number of rotatable bonds is 6. The Kier molecular flexibility index (Phi) is 5.51. The molecule has 0 saturated carbocycles. The summed E-state index contributed by atoms with van der Waals surface area (Å²) in [7, 11) is -3.41. The van der Waals surface area contributed by atoms with Gasteiger partial charge in [0.05, 0.1) is 30.2 Å². The molecule has 4 nitrogen and oxygen atoms in total. The van der Waals surface area contributed by atoms with Crippen LogP contribution in [-0.2, 0) is 13.6 Å². The highest BCUT2D eigenvalue weighted by atomic mass is 31.2. The Morgan fingerprint density at radius 3 is 2.18 bits per heavy atom. The molecule has 22 heavy (non-hydrogen) atoms. The molecule has 0 unspecified atom stereocenters. The number of nitrogens with zero attached hydrogens (tertiary/aromatic N) is 1. The molecule has 2 aromatic carbocycles. The fourth-order valence-corrected chi connectivity index (χ4v) is 3.80. The van der Waals surface area contributed by atoms with E-state index in [1.807, 2.05) is 30.3 Å². The molecule has 2 aromatic rings. The Balaban J connectivity index is 2.57. The Hall–Kier alpha value is -1.92. The van der Waals surface area contributed by atoms with Crippen LogP contribution < -0.4 is 5.30 Å². The van der Waals surface area contributed by atoms with Crippen molar-refractivity contribution in [1.82, 2.24) is 0 Å². The monoisotopic (exact) mass is 315 g/mol. The molecule has 2 rings (SSSR count). The second-order valence-corrected chi connectivity index (χ2v) is 6.61. The van der Waals surface area contributed by atoms with Crippen molar-refractivity contribution in [2.45, 2.75) is 13.8 Å². The van der Waals surface area contributed by atoms with E-state index in [1.165, 1.54) is 0 Å². The fraction of sp³-hybridized carbons (Fsp3) is 0.235. The van der Waals surface area contributed by atoms with Crippen molar-refractivity contribution < 1.29 is 13.6 Å². The number of hydrogen-bond donors (Lipinski definition) is 0. The highest BCUT2D eigenvalue weighted by Gasteiger charge is 2.27. The maximum absolute atomic E-state index is 12.9. The van der Waals surface area contributed by atoms with Gasteiger partial charge in [-0.1, -0.05) is 30.3 Å². The molecule has 0 spiro atoms. The van der Waals surface area contributed by atoms with E-state index in [0.29, 0.717) is 10.9 Å². The lowest BCUT2D eigenvalue weighted by Gasteiger charge is -2.18. The van der Waals surface area contributed by atoms with Gasteiger partial charge in [0.1, 0.15) is 0 Å². The molecule has 0 aliphatic rings. The maximum Gasteiger partial charge on any atom is 0.361 e. The van der Waals surface area contributed by atoms with Gasteiger partial charge in [0.2, 0.25) is 0 Å². The van der Waals surface area contributed by atoms with E-state index in [1.54, 1.807) is 32.0 Å². The fourth-order valence-electron chi connectivity index (χ4n) is 2.16. The number of hydrogen-bond acceptors (Lipinski definition) is 4. The molecular formula is C17H18NO3P. The quantitative estimate of drug-likeness (QED) is 0.752. The van der Waals surface area contributed by atoms with Crippen molar-refractivity contribution in [1.29, 1.82) is 5.26 Å². The summed E-state index contributed by atoms with van der Waals surface area (Å²) < 4.78 is 23.7. The topological polar surface area (TPSA) is 59.3 Å². The summed E-state index contributed by atoms with van der Waals surface area (Å²) in [5.41, 5.74) is 2.19. The van der Waals surface area contributed by atoms with Gasteiger partial charge in [0.15, 0.2) is 0 Å². The van der Waals surface area contributed by atoms with Crippen molar-refractivity contribution in [2.75, 3.05) is 13.2 Å². The molecule has 0 aliphatic heterocycles. The minimum absolute atomic E-state index is 0.273. The van der Waals surface area contributed by atoms with Gasteiger partial charge < -0.3 is 9.05 Å². The largest absolute Gasteiger partial charge is 0.361 e. The maximum atomic E-state index is 12.9. The summed E-state index contributed by atoms with van der Waals surface area (Å²) in [6, 6.07) is 16.8. The van der Waals surface area contributed by atoms with E-state index < -0.39 is 7.60 Å². The van der Waals surface area contributed by atoms with Crippen LogP contribution in [0.4, 0.5) is 0 Å². The summed E-state index contributed by atoms with van der Waals surface area (Å²) in [6.07, 6.45) is 0. The Bertz CT molecular complexity index is 712. The van der Waals surface area contributed by atoms with Gasteiger partial charge in [-0.05, 0) is 43.2 Å². The second kappa shape index (κ2) is 7.38. The van der Waals surface area contributed by atoms with Gasteiger partial charge in [0, 0.05) is 0 Å². The zero-order valence-corrected chi connectivity index (χ0v) is 13.5. The highest BCUT2D eigenvalue weighted by Crippen LogP contribution is 2.47. The van der Waals surface area contributed by atoms with E-state index in [0.717, 1.165) is 11.1 Å². The van der Waals surface area contributed by atoms with Gasteiger partial charge in [-0.3, -0.25) is 4.57 Å². The van der Waals surface area contributed by atoms with Crippen molar-refractivity contribution in [3.8, 4) is 17.2 Å². The van der Waals surface area contributed by atoms with Crippen LogP contribution in [0.3, 0.4) is 0 Å². The smallest absolute Gasteiger partial charge is 0.305 e. The summed E-state index contributed by atoms with van der Waals surface area (Å²) in [4.78, 5) is 0. The third-order valence-electron chi connectivity index (χ3n) is 3.07. The Morgan fingerprint density at radius 2 is 1.64 bits per heavy atom. The molecular weight excluding hydrogens is 297 g/mol. The van der Waals surface area contributed by atoms with E-state index in [-0.39, 0.29) is 13.2 Å². The standard InChI is InChI=1S/C17H18NO3P/c1-3-20-22(19,21-4-2)17-11-14(13-18)10-16(12-17)15-8-6-5-7-9-15/h5-12H,3-4H2,1-2H3. The first-order valence-corrected chi connectivity index (χ1v) is 8.67. The van der Waals surface area contributed by atoms with Gasteiger partial charge >= 0.3 is 7.60 Å². The van der Waals surface area contributed by atoms with E-state index >= 15 is 0 Å². The first-order valence-electron chi connectivity index (χ1n) is 7.13. The molecule has 0 aromatic heterocycles. The molecule has 0 fully saturated rings. The van der Waals surface area contributed by atoms with Gasteiger partial charge in [-0.2, -0.15) is 5.26 Å². The van der Waals surface area contributed by atoms with Gasteiger partial charge in [-0.15, -0.1) is 0 Å². The third kappa shape index (κ3) is 3.64. The van der Waals surface area contributed by atoms with Crippen LogP contribution in [0.1, 0.15) is 19.4 Å². The lowest BCUT2D eigenvalue weighted by molar-refractivity contribution is 0.230. The zero-order valence-electron chi connectivity index (χ0n) is 12.7. The average Bonchev–Trinajstić information content (AvgIpc) is 2.55. The molecule has 114 valence electrons. The van der Waals surface area contributed by atoms with Crippen molar-refractivity contribution in [3.05, 3.63) is 54.1 Å². The number of benzene rings is 2. The van der Waals surface area contributed by atoms with Crippen molar-refractivity contribution in [3.63, 3.8) is 0 Å². The van der Waals surface area contributed by atoms with Crippen LogP contribution in [0.25, 0.3) is 11.1 Å². The van der Waals surface area contributed by atoms with Crippen LogP contribution in [0.5, 0.6) is 0 Å². The highest BCUT2D eigenvalue weighted by molar-refractivity contribution is 7.62. The van der Waals surface area contributed by atoms with Crippen LogP contribution in [0, 0.1) is 11.3 Å². The van der Waals surface area contributed by atoms with Gasteiger partial charge in [-0.25, -0.2) is 0 Å². The predicted octanol–water partition coefficient (Wildman–Crippen LogP) is 4.12. The van der Waals surface area contributed by atoms with E-state index in [9.17, 15) is 9.83 Å². The average molecular weight is 315 g/mol. The lowest BCUT2D eigenvalue weighted by atomic mass is 10.0. The molecule has 0 heterocycles. The van der Waals surface area contributed by atoms with E-state index in [4.69, 9.17) is 9.05 Å². The van der Waals surface area contributed by atoms with Crippen molar-refractivity contribution in [2.24, 2.45) is 0 Å². The minimum Gasteiger partial charge on any atom is -0.305 e. The third-order valence-corrected chi connectivity index (χ3v) is 5.16. The molecule has 0 saturated heterocycles. The summed E-state index contributed by atoms with van der Waals surface area (Å²) >= 11 is 0. The minimum atomic E-state index is -3.41. The molecule has 5 heteroatoms. The van der Waals surface area contributed by atoms with Crippen LogP contribution >= 0.6 is 7.60 Å². The van der Waals surface area contributed by atoms with Crippen LogP contribution in [0.2, 0.25) is 0 Å². The first-order chi connectivity index (χ1) is 10.6. The Labute approximate surface area is 130 Å². The molecule has 0 radical (unpaired) electrons. The molecule has 0 amide bonds.